The monoisotopic (exact) mass is 322 g/mol. The maximum atomic E-state index is 13.4. The summed E-state index contributed by atoms with van der Waals surface area (Å²) in [7, 11) is 0. The summed E-state index contributed by atoms with van der Waals surface area (Å²) >= 11 is 3.33. The number of halogens is 2. The first-order valence-electron chi connectivity index (χ1n) is 5.55. The van der Waals surface area contributed by atoms with E-state index in [-0.39, 0.29) is 11.7 Å². The molecule has 2 aromatic carbocycles. The fourth-order valence-corrected chi connectivity index (χ4v) is 1.97. The van der Waals surface area contributed by atoms with Crippen LogP contribution in [0.3, 0.4) is 0 Å². The molecular formula is C14H12BrFN2O. The van der Waals surface area contributed by atoms with Gasteiger partial charge in [-0.3, -0.25) is 5.41 Å². The van der Waals surface area contributed by atoms with E-state index in [4.69, 9.17) is 15.9 Å². The number of hydrogen-bond acceptors (Lipinski definition) is 2. The van der Waals surface area contributed by atoms with Crippen LogP contribution < -0.4 is 10.5 Å². The topological polar surface area (TPSA) is 59.1 Å². The summed E-state index contributed by atoms with van der Waals surface area (Å²) in [6.07, 6.45) is 0. The summed E-state index contributed by atoms with van der Waals surface area (Å²) in [5, 5.41) is 7.34. The molecule has 19 heavy (non-hydrogen) atoms. The molecule has 98 valence electrons. The van der Waals surface area contributed by atoms with E-state index in [1.165, 1.54) is 6.07 Å². The first kappa shape index (κ1) is 13.5. The molecule has 3 N–H and O–H groups in total. The van der Waals surface area contributed by atoms with Crippen LogP contribution in [0.1, 0.15) is 11.1 Å². The molecule has 0 saturated heterocycles. The van der Waals surface area contributed by atoms with E-state index in [0.29, 0.717) is 27.1 Å². The molecule has 0 unspecified atom stereocenters. The Bertz CT molecular complexity index is 643. The molecule has 0 heterocycles. The van der Waals surface area contributed by atoms with Crippen molar-refractivity contribution in [1.29, 1.82) is 5.41 Å². The molecule has 0 spiro atoms. The molecular weight excluding hydrogens is 311 g/mol. The average molecular weight is 323 g/mol. The van der Waals surface area contributed by atoms with Crippen LogP contribution in [-0.4, -0.2) is 5.84 Å². The van der Waals surface area contributed by atoms with Crippen molar-refractivity contribution < 1.29 is 9.13 Å². The lowest BCUT2D eigenvalue weighted by Gasteiger charge is -2.09. The molecule has 0 aliphatic carbocycles. The van der Waals surface area contributed by atoms with E-state index >= 15 is 0 Å². The number of hydrogen-bond donors (Lipinski definition) is 2. The van der Waals surface area contributed by atoms with Gasteiger partial charge in [-0.05, 0) is 52.7 Å². The van der Waals surface area contributed by atoms with E-state index in [1.807, 2.05) is 0 Å². The van der Waals surface area contributed by atoms with Crippen LogP contribution in [0.4, 0.5) is 4.39 Å². The zero-order chi connectivity index (χ0) is 14.0. The maximum absolute atomic E-state index is 13.4. The normalized spacial score (nSPS) is 10.3. The van der Waals surface area contributed by atoms with Crippen molar-refractivity contribution in [3.8, 4) is 11.5 Å². The first-order valence-corrected chi connectivity index (χ1v) is 6.34. The standard InChI is InChI=1S/C14H12BrFN2O/c1-8-2-4-10(7-12(8)16)19-13-5-3-9(14(17)18)6-11(13)15/h2-7H,1H3,(H3,17,18). The van der Waals surface area contributed by atoms with E-state index < -0.39 is 0 Å². The van der Waals surface area contributed by atoms with Gasteiger partial charge in [0.05, 0.1) is 4.47 Å². The molecule has 0 bridgehead atoms. The van der Waals surface area contributed by atoms with Gasteiger partial charge in [0, 0.05) is 11.6 Å². The summed E-state index contributed by atoms with van der Waals surface area (Å²) in [4.78, 5) is 0. The fourth-order valence-electron chi connectivity index (χ4n) is 1.52. The van der Waals surface area contributed by atoms with Crippen molar-refractivity contribution in [2.24, 2.45) is 5.73 Å². The van der Waals surface area contributed by atoms with Gasteiger partial charge in [-0.15, -0.1) is 0 Å². The second-order valence-electron chi connectivity index (χ2n) is 4.07. The molecule has 2 rings (SSSR count). The van der Waals surface area contributed by atoms with Crippen molar-refractivity contribution in [2.75, 3.05) is 0 Å². The maximum Gasteiger partial charge on any atom is 0.141 e. The Hall–Kier alpha value is -1.88. The van der Waals surface area contributed by atoms with E-state index in [9.17, 15) is 4.39 Å². The number of benzene rings is 2. The van der Waals surface area contributed by atoms with E-state index in [2.05, 4.69) is 15.9 Å². The predicted molar refractivity (Wildman–Crippen MR) is 76.4 cm³/mol. The Labute approximate surface area is 118 Å². The van der Waals surface area contributed by atoms with Crippen molar-refractivity contribution in [3.05, 3.63) is 57.8 Å². The number of aryl methyl sites for hydroxylation is 1. The van der Waals surface area contributed by atoms with E-state index in [0.717, 1.165) is 0 Å². The summed E-state index contributed by atoms with van der Waals surface area (Å²) in [6, 6.07) is 9.72. The number of ether oxygens (including phenoxy) is 1. The van der Waals surface area contributed by atoms with Gasteiger partial charge in [0.2, 0.25) is 0 Å². The van der Waals surface area contributed by atoms with Crippen LogP contribution in [0.25, 0.3) is 0 Å². The Morgan fingerprint density at radius 3 is 2.58 bits per heavy atom. The zero-order valence-electron chi connectivity index (χ0n) is 10.2. The Kier molecular flexibility index (Phi) is 3.85. The van der Waals surface area contributed by atoms with Gasteiger partial charge in [0.1, 0.15) is 23.2 Å². The Balaban J connectivity index is 2.28. The highest BCUT2D eigenvalue weighted by molar-refractivity contribution is 9.10. The number of rotatable bonds is 3. The molecule has 0 amide bonds. The largest absolute Gasteiger partial charge is 0.456 e. The van der Waals surface area contributed by atoms with Crippen molar-refractivity contribution >= 4 is 21.8 Å². The molecule has 0 saturated carbocycles. The quantitative estimate of drug-likeness (QED) is 0.663. The lowest BCUT2D eigenvalue weighted by atomic mass is 10.2. The minimum absolute atomic E-state index is 0.0198. The lowest BCUT2D eigenvalue weighted by molar-refractivity contribution is 0.473. The van der Waals surface area contributed by atoms with Gasteiger partial charge in [-0.2, -0.15) is 0 Å². The third kappa shape index (κ3) is 3.12. The Morgan fingerprint density at radius 1 is 1.26 bits per heavy atom. The summed E-state index contributed by atoms with van der Waals surface area (Å²) in [5.41, 5.74) is 6.55. The Morgan fingerprint density at radius 2 is 2.00 bits per heavy atom. The zero-order valence-corrected chi connectivity index (χ0v) is 11.8. The first-order chi connectivity index (χ1) is 8.97. The molecule has 0 radical (unpaired) electrons. The number of nitrogen functional groups attached to an aromatic ring is 1. The van der Waals surface area contributed by atoms with Gasteiger partial charge < -0.3 is 10.5 Å². The average Bonchev–Trinajstić information content (AvgIpc) is 2.36. The number of amidine groups is 1. The van der Waals surface area contributed by atoms with Gasteiger partial charge in [-0.25, -0.2) is 4.39 Å². The third-order valence-corrected chi connectivity index (χ3v) is 3.23. The second kappa shape index (κ2) is 5.40. The van der Waals surface area contributed by atoms with Crippen molar-refractivity contribution in [3.63, 3.8) is 0 Å². The highest BCUT2D eigenvalue weighted by Gasteiger charge is 2.07. The molecule has 5 heteroatoms. The van der Waals surface area contributed by atoms with Crippen LogP contribution >= 0.6 is 15.9 Å². The van der Waals surface area contributed by atoms with Gasteiger partial charge >= 0.3 is 0 Å². The lowest BCUT2D eigenvalue weighted by Crippen LogP contribution is -2.10. The molecule has 0 aliphatic rings. The highest BCUT2D eigenvalue weighted by atomic mass is 79.9. The smallest absolute Gasteiger partial charge is 0.141 e. The fraction of sp³-hybridized carbons (Fsp3) is 0.0714. The van der Waals surface area contributed by atoms with Gasteiger partial charge in [-0.1, -0.05) is 6.07 Å². The minimum Gasteiger partial charge on any atom is -0.456 e. The van der Waals surface area contributed by atoms with Crippen molar-refractivity contribution in [2.45, 2.75) is 6.92 Å². The van der Waals surface area contributed by atoms with Gasteiger partial charge in [0.25, 0.3) is 0 Å². The molecule has 0 aromatic heterocycles. The van der Waals surface area contributed by atoms with Crippen LogP contribution in [0, 0.1) is 18.2 Å². The van der Waals surface area contributed by atoms with Crippen LogP contribution in [-0.2, 0) is 0 Å². The minimum atomic E-state index is -0.311. The molecule has 0 atom stereocenters. The van der Waals surface area contributed by atoms with E-state index in [1.54, 1.807) is 37.3 Å². The van der Waals surface area contributed by atoms with Crippen LogP contribution in [0.15, 0.2) is 40.9 Å². The molecule has 0 fully saturated rings. The van der Waals surface area contributed by atoms with Crippen LogP contribution in [0.5, 0.6) is 11.5 Å². The summed E-state index contributed by atoms with van der Waals surface area (Å²) in [5.74, 6) is 0.621. The molecule has 3 nitrogen and oxygen atoms in total. The summed E-state index contributed by atoms with van der Waals surface area (Å²) in [6.45, 7) is 1.69. The SMILES string of the molecule is Cc1ccc(Oc2ccc(C(=N)N)cc2Br)cc1F. The summed E-state index contributed by atoms with van der Waals surface area (Å²) < 4.78 is 19.7. The third-order valence-electron chi connectivity index (χ3n) is 2.61. The molecule has 2 aromatic rings. The second-order valence-corrected chi connectivity index (χ2v) is 4.93. The number of nitrogens with one attached hydrogen (secondary N) is 1. The van der Waals surface area contributed by atoms with Crippen LogP contribution in [0.2, 0.25) is 0 Å². The molecule has 0 aliphatic heterocycles. The number of nitrogens with two attached hydrogens (primary N) is 1. The highest BCUT2D eigenvalue weighted by Crippen LogP contribution is 2.31. The predicted octanol–water partition coefficient (Wildman–Crippen LogP) is 3.97. The van der Waals surface area contributed by atoms with Crippen molar-refractivity contribution in [1.82, 2.24) is 0 Å². The van der Waals surface area contributed by atoms with Gasteiger partial charge in [0.15, 0.2) is 0 Å².